The molecular formula is C19H19BrN2O4. The molecule has 1 N–H and O–H groups in total. The van der Waals surface area contributed by atoms with Gasteiger partial charge in [-0.1, -0.05) is 34.1 Å². The van der Waals surface area contributed by atoms with Gasteiger partial charge < -0.3 is 14.8 Å². The van der Waals surface area contributed by atoms with E-state index in [4.69, 9.17) is 9.47 Å². The highest BCUT2D eigenvalue weighted by molar-refractivity contribution is 9.10. The highest BCUT2D eigenvalue weighted by Crippen LogP contribution is 2.34. The molecule has 0 saturated carbocycles. The second kappa shape index (κ2) is 8.71. The number of halogens is 1. The van der Waals surface area contributed by atoms with Gasteiger partial charge in [0, 0.05) is 11.0 Å². The summed E-state index contributed by atoms with van der Waals surface area (Å²) in [5, 5.41) is 2.82. The maximum absolute atomic E-state index is 12.2. The maximum Gasteiger partial charge on any atom is 0.265 e. The number of anilines is 1. The van der Waals surface area contributed by atoms with Crippen LogP contribution in [0, 0.1) is 0 Å². The first kappa shape index (κ1) is 18.3. The molecule has 7 heteroatoms. The second-order valence-corrected chi connectivity index (χ2v) is 6.66. The first-order valence-corrected chi connectivity index (χ1v) is 9.10. The van der Waals surface area contributed by atoms with Crippen LogP contribution in [0.2, 0.25) is 0 Å². The maximum atomic E-state index is 12.2. The minimum atomic E-state index is -0.234. The fourth-order valence-electron chi connectivity index (χ4n) is 2.56. The van der Waals surface area contributed by atoms with Crippen molar-refractivity contribution >= 4 is 33.4 Å². The lowest BCUT2D eigenvalue weighted by molar-refractivity contribution is -0.125. The normalized spacial score (nSPS) is 13.0. The van der Waals surface area contributed by atoms with Crippen LogP contribution >= 0.6 is 15.9 Å². The largest absolute Gasteiger partial charge is 0.494 e. The fourth-order valence-corrected chi connectivity index (χ4v) is 2.90. The van der Waals surface area contributed by atoms with Gasteiger partial charge in [0.05, 0.1) is 12.3 Å². The number of hydrogen-bond donors (Lipinski definition) is 1. The van der Waals surface area contributed by atoms with Crippen LogP contribution in [0.4, 0.5) is 5.69 Å². The van der Waals surface area contributed by atoms with Crippen molar-refractivity contribution in [2.45, 2.75) is 6.42 Å². The summed E-state index contributed by atoms with van der Waals surface area (Å²) in [6, 6.07) is 14.9. The van der Waals surface area contributed by atoms with Crippen molar-refractivity contribution in [3.8, 4) is 11.5 Å². The summed E-state index contributed by atoms with van der Waals surface area (Å²) in [6.07, 6.45) is 0.682. The highest BCUT2D eigenvalue weighted by atomic mass is 79.9. The zero-order valence-corrected chi connectivity index (χ0v) is 15.7. The van der Waals surface area contributed by atoms with Crippen LogP contribution < -0.4 is 19.7 Å². The molecule has 6 nitrogen and oxygen atoms in total. The molecule has 136 valence electrons. The Balaban J connectivity index is 1.45. The van der Waals surface area contributed by atoms with Crippen LogP contribution in [0.3, 0.4) is 0 Å². The van der Waals surface area contributed by atoms with Crippen molar-refractivity contribution in [1.82, 2.24) is 5.32 Å². The number of ether oxygens (including phenoxy) is 2. The van der Waals surface area contributed by atoms with Crippen LogP contribution in [0.5, 0.6) is 11.5 Å². The SMILES string of the molecule is O=C(CN1C(=O)COc2cc(Br)ccc21)NCCCOc1ccccc1. The fraction of sp³-hybridized carbons (Fsp3) is 0.263. The Labute approximate surface area is 160 Å². The number of amides is 2. The predicted octanol–water partition coefficient (Wildman–Crippen LogP) is 2.76. The van der Waals surface area contributed by atoms with Crippen molar-refractivity contribution in [3.05, 3.63) is 53.0 Å². The first-order chi connectivity index (χ1) is 12.6. The van der Waals surface area contributed by atoms with Gasteiger partial charge in [0.2, 0.25) is 5.91 Å². The zero-order chi connectivity index (χ0) is 18.4. The molecule has 0 aromatic heterocycles. The van der Waals surface area contributed by atoms with Crippen LogP contribution in [0.25, 0.3) is 0 Å². The molecule has 2 aromatic rings. The first-order valence-electron chi connectivity index (χ1n) is 8.31. The quantitative estimate of drug-likeness (QED) is 0.701. The van der Waals surface area contributed by atoms with Crippen LogP contribution in [0.1, 0.15) is 6.42 Å². The topological polar surface area (TPSA) is 67.9 Å². The minimum Gasteiger partial charge on any atom is -0.494 e. The highest BCUT2D eigenvalue weighted by Gasteiger charge is 2.27. The Morgan fingerprint density at radius 3 is 2.85 bits per heavy atom. The Kier molecular flexibility index (Phi) is 6.12. The van der Waals surface area contributed by atoms with Gasteiger partial charge >= 0.3 is 0 Å². The number of hydrogen-bond acceptors (Lipinski definition) is 4. The summed E-state index contributed by atoms with van der Waals surface area (Å²) >= 11 is 3.37. The molecule has 1 heterocycles. The Bertz CT molecular complexity index is 782. The lowest BCUT2D eigenvalue weighted by Crippen LogP contribution is -2.45. The number of benzene rings is 2. The predicted molar refractivity (Wildman–Crippen MR) is 102 cm³/mol. The van der Waals surface area contributed by atoms with Gasteiger partial charge in [-0.3, -0.25) is 14.5 Å². The minimum absolute atomic E-state index is 0.0314. The third-order valence-corrected chi connectivity index (χ3v) is 4.32. The molecule has 0 bridgehead atoms. The van der Waals surface area contributed by atoms with Crippen molar-refractivity contribution < 1.29 is 19.1 Å². The number of nitrogens with zero attached hydrogens (tertiary/aromatic N) is 1. The lowest BCUT2D eigenvalue weighted by Gasteiger charge is -2.29. The Morgan fingerprint density at radius 1 is 1.23 bits per heavy atom. The number of fused-ring (bicyclic) bond motifs is 1. The molecule has 0 saturated heterocycles. The molecule has 1 aliphatic rings. The third kappa shape index (κ3) is 4.76. The summed E-state index contributed by atoms with van der Waals surface area (Å²) in [7, 11) is 0. The molecule has 2 amide bonds. The smallest absolute Gasteiger partial charge is 0.265 e. The van der Waals surface area contributed by atoms with Gasteiger partial charge in [0.15, 0.2) is 6.61 Å². The Hall–Kier alpha value is -2.54. The summed E-state index contributed by atoms with van der Waals surface area (Å²) < 4.78 is 11.8. The van der Waals surface area contributed by atoms with E-state index in [9.17, 15) is 9.59 Å². The zero-order valence-electron chi connectivity index (χ0n) is 14.1. The number of carbonyl (C=O) groups excluding carboxylic acids is 2. The second-order valence-electron chi connectivity index (χ2n) is 5.75. The molecule has 0 unspecified atom stereocenters. The van der Waals surface area contributed by atoms with E-state index < -0.39 is 0 Å². The van der Waals surface area contributed by atoms with E-state index in [1.54, 1.807) is 12.1 Å². The van der Waals surface area contributed by atoms with E-state index in [1.165, 1.54) is 4.90 Å². The van der Waals surface area contributed by atoms with E-state index in [2.05, 4.69) is 21.2 Å². The summed E-state index contributed by atoms with van der Waals surface area (Å²) in [4.78, 5) is 25.7. The number of carbonyl (C=O) groups is 2. The average molecular weight is 419 g/mol. The molecule has 1 aliphatic heterocycles. The molecular weight excluding hydrogens is 400 g/mol. The molecule has 0 fully saturated rings. The molecule has 2 aromatic carbocycles. The van der Waals surface area contributed by atoms with E-state index in [-0.39, 0.29) is 25.0 Å². The van der Waals surface area contributed by atoms with Gasteiger partial charge in [0.1, 0.15) is 18.0 Å². The molecule has 0 atom stereocenters. The van der Waals surface area contributed by atoms with Crippen molar-refractivity contribution in [2.24, 2.45) is 0 Å². The van der Waals surface area contributed by atoms with Crippen molar-refractivity contribution in [2.75, 3.05) is 31.2 Å². The van der Waals surface area contributed by atoms with E-state index in [1.807, 2.05) is 36.4 Å². The van der Waals surface area contributed by atoms with Gasteiger partial charge in [-0.05, 0) is 36.8 Å². The van der Waals surface area contributed by atoms with Crippen LogP contribution in [-0.2, 0) is 9.59 Å². The molecule has 26 heavy (non-hydrogen) atoms. The summed E-state index contributed by atoms with van der Waals surface area (Å²) in [5.74, 6) is 0.944. The van der Waals surface area contributed by atoms with Crippen molar-refractivity contribution in [3.63, 3.8) is 0 Å². The summed E-state index contributed by atoms with van der Waals surface area (Å²) in [6.45, 7) is 0.896. The van der Waals surface area contributed by atoms with Crippen LogP contribution in [-0.4, -0.2) is 38.1 Å². The third-order valence-electron chi connectivity index (χ3n) is 3.82. The van der Waals surface area contributed by atoms with Gasteiger partial charge in [-0.25, -0.2) is 0 Å². The van der Waals surface area contributed by atoms with Gasteiger partial charge in [0.25, 0.3) is 5.91 Å². The standard InChI is InChI=1S/C19H19BrN2O4/c20-14-7-8-16-17(11-14)26-13-19(24)22(16)12-18(23)21-9-4-10-25-15-5-2-1-3-6-15/h1-3,5-8,11H,4,9-10,12-13H2,(H,21,23). The van der Waals surface area contributed by atoms with Crippen molar-refractivity contribution in [1.29, 1.82) is 0 Å². The van der Waals surface area contributed by atoms with E-state index in [0.717, 1.165) is 10.2 Å². The monoisotopic (exact) mass is 418 g/mol. The molecule has 0 aliphatic carbocycles. The van der Waals surface area contributed by atoms with E-state index in [0.29, 0.717) is 31.0 Å². The molecule has 0 spiro atoms. The summed E-state index contributed by atoms with van der Waals surface area (Å²) in [5.41, 5.74) is 0.604. The number of rotatable bonds is 7. The number of nitrogens with one attached hydrogen (secondary N) is 1. The molecule has 0 radical (unpaired) electrons. The lowest BCUT2D eigenvalue weighted by atomic mass is 10.2. The Morgan fingerprint density at radius 2 is 2.04 bits per heavy atom. The van der Waals surface area contributed by atoms with E-state index >= 15 is 0 Å². The molecule has 3 rings (SSSR count). The van der Waals surface area contributed by atoms with Gasteiger partial charge in [-0.15, -0.1) is 0 Å². The van der Waals surface area contributed by atoms with Gasteiger partial charge in [-0.2, -0.15) is 0 Å². The average Bonchev–Trinajstić information content (AvgIpc) is 2.64. The number of para-hydroxylation sites is 1. The van der Waals surface area contributed by atoms with Crippen LogP contribution in [0.15, 0.2) is 53.0 Å².